The van der Waals surface area contributed by atoms with Crippen LogP contribution in [0.4, 0.5) is 10.1 Å². The minimum Gasteiger partial charge on any atom is -0.497 e. The van der Waals surface area contributed by atoms with E-state index in [0.717, 1.165) is 16.4 Å². The zero-order valence-corrected chi connectivity index (χ0v) is 20.9. The fourth-order valence-corrected chi connectivity index (χ4v) is 4.70. The van der Waals surface area contributed by atoms with Crippen molar-refractivity contribution in [3.05, 3.63) is 72.5 Å². The molecule has 0 aliphatic heterocycles. The topological polar surface area (TPSA) is 103 Å². The van der Waals surface area contributed by atoms with Gasteiger partial charge >= 0.3 is 0 Å². The molecule has 0 heterocycles. The van der Waals surface area contributed by atoms with Crippen LogP contribution in [0.3, 0.4) is 0 Å². The third-order valence-corrected chi connectivity index (χ3v) is 6.85. The van der Waals surface area contributed by atoms with Crippen LogP contribution in [-0.2, 0) is 14.8 Å². The van der Waals surface area contributed by atoms with E-state index < -0.39 is 28.3 Å². The zero-order chi connectivity index (χ0) is 26.1. The highest BCUT2D eigenvalue weighted by molar-refractivity contribution is 7.92. The number of halogens is 1. The number of methoxy groups -OCH3 is 3. The molecular weight excluding hydrogens is 491 g/mol. The van der Waals surface area contributed by atoms with Crippen molar-refractivity contribution in [2.75, 3.05) is 45.3 Å². The van der Waals surface area contributed by atoms with Gasteiger partial charge in [-0.05, 0) is 48.5 Å². The third-order valence-electron chi connectivity index (χ3n) is 5.08. The van der Waals surface area contributed by atoms with E-state index in [9.17, 15) is 17.6 Å². The Labute approximate surface area is 209 Å². The molecule has 0 unspecified atom stereocenters. The maximum absolute atomic E-state index is 13.5. The average molecular weight is 519 g/mol. The van der Waals surface area contributed by atoms with E-state index in [4.69, 9.17) is 18.9 Å². The lowest BCUT2D eigenvalue weighted by Gasteiger charge is -2.24. The number of anilines is 1. The van der Waals surface area contributed by atoms with Crippen LogP contribution in [-0.4, -0.2) is 55.4 Å². The summed E-state index contributed by atoms with van der Waals surface area (Å²) in [6.07, 6.45) is 0. The normalized spacial score (nSPS) is 10.9. The number of amides is 1. The van der Waals surface area contributed by atoms with Gasteiger partial charge < -0.3 is 24.3 Å². The van der Waals surface area contributed by atoms with E-state index in [0.29, 0.717) is 17.2 Å². The van der Waals surface area contributed by atoms with Gasteiger partial charge in [-0.3, -0.25) is 9.10 Å². The maximum Gasteiger partial charge on any atom is 0.264 e. The Morgan fingerprint density at radius 1 is 0.889 bits per heavy atom. The van der Waals surface area contributed by atoms with Crippen molar-refractivity contribution in [3.8, 4) is 23.0 Å². The number of sulfonamides is 1. The molecule has 0 bridgehead atoms. The lowest BCUT2D eigenvalue weighted by molar-refractivity contribution is -0.119. The van der Waals surface area contributed by atoms with E-state index >= 15 is 0 Å². The molecule has 11 heteroatoms. The zero-order valence-electron chi connectivity index (χ0n) is 20.1. The number of ether oxygens (including phenoxy) is 4. The summed E-state index contributed by atoms with van der Waals surface area (Å²) in [6, 6.07) is 15.9. The van der Waals surface area contributed by atoms with Crippen molar-refractivity contribution in [3.63, 3.8) is 0 Å². The molecule has 1 N–H and O–H groups in total. The minimum atomic E-state index is -4.23. The van der Waals surface area contributed by atoms with E-state index in [1.807, 2.05) is 0 Å². The number of benzene rings is 3. The number of carbonyl (C=O) groups excluding carboxylic acids is 1. The van der Waals surface area contributed by atoms with Gasteiger partial charge in [-0.1, -0.05) is 6.07 Å². The minimum absolute atomic E-state index is 0.119. The molecule has 0 radical (unpaired) electrons. The van der Waals surface area contributed by atoms with Gasteiger partial charge in [-0.15, -0.1) is 0 Å². The van der Waals surface area contributed by atoms with Crippen LogP contribution in [0.1, 0.15) is 0 Å². The first-order valence-corrected chi connectivity index (χ1v) is 12.3. The highest BCUT2D eigenvalue weighted by Crippen LogP contribution is 2.32. The Balaban J connectivity index is 1.75. The van der Waals surface area contributed by atoms with Crippen LogP contribution in [0.2, 0.25) is 0 Å². The van der Waals surface area contributed by atoms with E-state index in [1.165, 1.54) is 44.6 Å². The Morgan fingerprint density at radius 3 is 2.25 bits per heavy atom. The molecule has 0 aliphatic carbocycles. The van der Waals surface area contributed by atoms with Gasteiger partial charge in [-0.25, -0.2) is 12.8 Å². The Bertz CT molecular complexity index is 1280. The Morgan fingerprint density at radius 2 is 1.58 bits per heavy atom. The van der Waals surface area contributed by atoms with Crippen LogP contribution >= 0.6 is 0 Å². The summed E-state index contributed by atoms with van der Waals surface area (Å²) in [4.78, 5) is 12.6. The first-order chi connectivity index (χ1) is 17.3. The first-order valence-electron chi connectivity index (χ1n) is 10.8. The standard InChI is InChI=1S/C25H27FN2O7S/c1-32-20-5-4-6-21(15-20)35-14-13-27-25(29)17-28(19-9-7-18(26)8-10-19)36(30,31)22-11-12-23(33-2)24(16-22)34-3/h4-12,15-16H,13-14,17H2,1-3H3,(H,27,29). The molecular formula is C25H27FN2O7S. The lowest BCUT2D eigenvalue weighted by Crippen LogP contribution is -2.42. The monoisotopic (exact) mass is 518 g/mol. The smallest absolute Gasteiger partial charge is 0.264 e. The van der Waals surface area contributed by atoms with Crippen LogP contribution in [0, 0.1) is 5.82 Å². The van der Waals surface area contributed by atoms with Gasteiger partial charge in [-0.2, -0.15) is 0 Å². The van der Waals surface area contributed by atoms with Crippen molar-refractivity contribution in [2.45, 2.75) is 4.90 Å². The van der Waals surface area contributed by atoms with E-state index in [2.05, 4.69) is 5.32 Å². The number of hydrogen-bond donors (Lipinski definition) is 1. The first kappa shape index (κ1) is 26.6. The van der Waals surface area contributed by atoms with Gasteiger partial charge in [0.05, 0.1) is 38.5 Å². The van der Waals surface area contributed by atoms with E-state index in [1.54, 1.807) is 31.4 Å². The quantitative estimate of drug-likeness (QED) is 0.367. The molecule has 0 saturated heterocycles. The molecule has 3 aromatic rings. The van der Waals surface area contributed by atoms with Crippen LogP contribution in [0.15, 0.2) is 71.6 Å². The molecule has 0 spiro atoms. The van der Waals surface area contributed by atoms with Crippen molar-refractivity contribution in [1.82, 2.24) is 5.32 Å². The largest absolute Gasteiger partial charge is 0.497 e. The Kier molecular flexibility index (Phi) is 8.96. The number of nitrogens with zero attached hydrogens (tertiary/aromatic N) is 1. The highest BCUT2D eigenvalue weighted by atomic mass is 32.2. The molecule has 0 atom stereocenters. The van der Waals surface area contributed by atoms with Gasteiger partial charge in [0, 0.05) is 12.1 Å². The molecule has 3 aromatic carbocycles. The van der Waals surface area contributed by atoms with Crippen molar-refractivity contribution < 1.29 is 36.6 Å². The average Bonchev–Trinajstić information content (AvgIpc) is 2.90. The molecule has 3 rings (SSSR count). The van der Waals surface area contributed by atoms with Gasteiger partial charge in [0.25, 0.3) is 10.0 Å². The van der Waals surface area contributed by atoms with Crippen LogP contribution < -0.4 is 28.6 Å². The molecule has 192 valence electrons. The molecule has 0 saturated carbocycles. The molecule has 1 amide bonds. The maximum atomic E-state index is 13.5. The number of rotatable bonds is 12. The SMILES string of the molecule is COc1cccc(OCCNC(=O)CN(c2ccc(F)cc2)S(=O)(=O)c2ccc(OC)c(OC)c2)c1. The second-order valence-electron chi connectivity index (χ2n) is 7.38. The van der Waals surface area contributed by atoms with Gasteiger partial charge in [0.1, 0.15) is 30.5 Å². The third kappa shape index (κ3) is 6.57. The number of hydrogen-bond acceptors (Lipinski definition) is 7. The lowest BCUT2D eigenvalue weighted by atomic mass is 10.3. The summed E-state index contributed by atoms with van der Waals surface area (Å²) < 4.78 is 62.5. The molecule has 0 aliphatic rings. The Hall–Kier alpha value is -3.99. The number of nitrogens with one attached hydrogen (secondary N) is 1. The summed E-state index contributed by atoms with van der Waals surface area (Å²) in [5.74, 6) is 0.633. The summed E-state index contributed by atoms with van der Waals surface area (Å²) in [5.41, 5.74) is 0.119. The molecule has 36 heavy (non-hydrogen) atoms. The fraction of sp³-hybridized carbons (Fsp3) is 0.240. The van der Waals surface area contributed by atoms with Gasteiger partial charge in [0.2, 0.25) is 5.91 Å². The van der Waals surface area contributed by atoms with E-state index in [-0.39, 0.29) is 29.5 Å². The number of carbonyl (C=O) groups is 1. The summed E-state index contributed by atoms with van der Waals surface area (Å²) in [7, 11) is 0.124. The molecule has 0 fully saturated rings. The van der Waals surface area contributed by atoms with Crippen LogP contribution in [0.25, 0.3) is 0 Å². The second-order valence-corrected chi connectivity index (χ2v) is 9.24. The molecule has 9 nitrogen and oxygen atoms in total. The molecule has 0 aromatic heterocycles. The van der Waals surface area contributed by atoms with Gasteiger partial charge in [0.15, 0.2) is 11.5 Å². The van der Waals surface area contributed by atoms with Crippen LogP contribution in [0.5, 0.6) is 23.0 Å². The summed E-state index contributed by atoms with van der Waals surface area (Å²) in [5, 5.41) is 2.64. The second kappa shape index (κ2) is 12.1. The predicted molar refractivity (Wildman–Crippen MR) is 132 cm³/mol. The highest BCUT2D eigenvalue weighted by Gasteiger charge is 2.28. The summed E-state index contributed by atoms with van der Waals surface area (Å²) >= 11 is 0. The van der Waals surface area contributed by atoms with Crippen molar-refractivity contribution in [2.24, 2.45) is 0 Å². The fourth-order valence-electron chi connectivity index (χ4n) is 3.26. The predicted octanol–water partition coefficient (Wildman–Crippen LogP) is 3.24. The van der Waals surface area contributed by atoms with Crippen molar-refractivity contribution in [1.29, 1.82) is 0 Å². The summed E-state index contributed by atoms with van der Waals surface area (Å²) in [6.45, 7) is -0.261. The van der Waals surface area contributed by atoms with Crippen molar-refractivity contribution >= 4 is 21.6 Å².